The van der Waals surface area contributed by atoms with Gasteiger partial charge in [0.2, 0.25) is 10.9 Å². The second kappa shape index (κ2) is 7.93. The van der Waals surface area contributed by atoms with Gasteiger partial charge in [-0.2, -0.15) is 0 Å². The van der Waals surface area contributed by atoms with Gasteiger partial charge in [-0.25, -0.2) is 0 Å². The highest BCUT2D eigenvalue weighted by molar-refractivity contribution is 7.15. The summed E-state index contributed by atoms with van der Waals surface area (Å²) in [6.07, 6.45) is 0. The van der Waals surface area contributed by atoms with Gasteiger partial charge in [-0.05, 0) is 43.2 Å². The lowest BCUT2D eigenvalue weighted by atomic mass is 9.84. The Labute approximate surface area is 220 Å². The van der Waals surface area contributed by atoms with Crippen molar-refractivity contribution in [2.24, 2.45) is 0 Å². The van der Waals surface area contributed by atoms with E-state index in [2.05, 4.69) is 10.2 Å². The molecule has 0 aliphatic carbocycles. The largest absolute Gasteiger partial charge is 0.450 e. The highest BCUT2D eigenvalue weighted by atomic mass is 32.1. The van der Waals surface area contributed by atoms with Gasteiger partial charge in [-0.1, -0.05) is 65.9 Å². The van der Waals surface area contributed by atoms with Crippen molar-refractivity contribution in [3.05, 3.63) is 116 Å². The molecule has 2 amide bonds. The zero-order chi connectivity index (χ0) is 26.2. The average molecular weight is 521 g/mol. The maximum absolute atomic E-state index is 14.8. The molecule has 8 nitrogen and oxygen atoms in total. The molecule has 0 saturated heterocycles. The Morgan fingerprint density at radius 3 is 2.42 bits per heavy atom. The number of nitrogens with zero attached hydrogens (tertiary/aromatic N) is 4. The Hall–Kier alpha value is -4.63. The lowest BCUT2D eigenvalue weighted by Crippen LogP contribution is -2.53. The minimum Gasteiger partial charge on any atom is -0.450 e. The van der Waals surface area contributed by atoms with Crippen LogP contribution in [-0.2, 0) is 16.9 Å². The molecule has 0 bridgehead atoms. The summed E-state index contributed by atoms with van der Waals surface area (Å²) in [5.74, 6) is -1.16. The summed E-state index contributed by atoms with van der Waals surface area (Å²) in [5.41, 5.74) is 1.25. The Bertz CT molecular complexity index is 1880. The van der Waals surface area contributed by atoms with Crippen molar-refractivity contribution in [3.63, 3.8) is 0 Å². The zero-order valence-corrected chi connectivity index (χ0v) is 21.3. The molecular weight excluding hydrogens is 500 g/mol. The number of fused-ring (bicyclic) bond motifs is 5. The third kappa shape index (κ3) is 2.82. The predicted octanol–water partition coefficient (Wildman–Crippen LogP) is 4.71. The summed E-state index contributed by atoms with van der Waals surface area (Å²) in [4.78, 5) is 46.0. The Kier molecular flexibility index (Phi) is 4.71. The van der Waals surface area contributed by atoms with Crippen LogP contribution in [-0.4, -0.2) is 22.0 Å². The molecule has 5 aromatic rings. The van der Waals surface area contributed by atoms with Crippen molar-refractivity contribution in [1.82, 2.24) is 10.2 Å². The van der Waals surface area contributed by atoms with Crippen molar-refractivity contribution in [1.29, 1.82) is 0 Å². The van der Waals surface area contributed by atoms with Crippen molar-refractivity contribution < 1.29 is 14.0 Å². The molecule has 4 heterocycles. The molecule has 2 aliphatic rings. The first-order valence-corrected chi connectivity index (χ1v) is 12.9. The molecule has 0 saturated carbocycles. The van der Waals surface area contributed by atoms with E-state index in [-0.39, 0.29) is 28.6 Å². The van der Waals surface area contributed by atoms with Gasteiger partial charge in [0, 0.05) is 5.56 Å². The Morgan fingerprint density at radius 1 is 0.895 bits per heavy atom. The van der Waals surface area contributed by atoms with Gasteiger partial charge in [0.25, 0.3) is 11.8 Å². The van der Waals surface area contributed by atoms with Crippen LogP contribution in [0.5, 0.6) is 0 Å². The first-order valence-electron chi connectivity index (χ1n) is 12.1. The van der Waals surface area contributed by atoms with Crippen LogP contribution in [0.3, 0.4) is 0 Å². The number of anilines is 2. The van der Waals surface area contributed by atoms with Crippen LogP contribution in [0.4, 0.5) is 10.8 Å². The molecule has 186 valence electrons. The van der Waals surface area contributed by atoms with Crippen molar-refractivity contribution >= 4 is 44.9 Å². The fourth-order valence-corrected chi connectivity index (χ4v) is 6.34. The second-order valence-electron chi connectivity index (χ2n) is 9.42. The number of carbonyl (C=O) groups excluding carboxylic acids is 2. The smallest absolute Gasteiger partial charge is 0.297 e. The van der Waals surface area contributed by atoms with Gasteiger partial charge in [0.15, 0.2) is 11.0 Å². The minimum atomic E-state index is -1.78. The lowest BCUT2D eigenvalue weighted by molar-refractivity contribution is -0.121. The van der Waals surface area contributed by atoms with Gasteiger partial charge < -0.3 is 9.32 Å². The number of rotatable bonds is 3. The van der Waals surface area contributed by atoms with E-state index in [0.717, 1.165) is 11.1 Å². The fraction of sp³-hybridized carbons (Fsp3) is 0.138. The van der Waals surface area contributed by atoms with E-state index in [4.69, 9.17) is 4.42 Å². The molecule has 1 unspecified atom stereocenters. The Morgan fingerprint density at radius 2 is 1.63 bits per heavy atom. The minimum absolute atomic E-state index is 0.0128. The number of para-hydroxylation sites is 2. The van der Waals surface area contributed by atoms with Crippen LogP contribution in [0.25, 0.3) is 11.0 Å². The van der Waals surface area contributed by atoms with Crippen molar-refractivity contribution in [3.8, 4) is 0 Å². The van der Waals surface area contributed by atoms with E-state index < -0.39 is 22.8 Å². The van der Waals surface area contributed by atoms with Crippen LogP contribution in [0.1, 0.15) is 37.8 Å². The number of amides is 2. The first-order chi connectivity index (χ1) is 18.4. The van der Waals surface area contributed by atoms with Crippen molar-refractivity contribution in [2.75, 3.05) is 9.80 Å². The number of aromatic nitrogens is 2. The molecule has 7 rings (SSSR count). The molecule has 0 N–H and O–H groups in total. The Balaban J connectivity index is 1.57. The van der Waals surface area contributed by atoms with Gasteiger partial charge in [0.1, 0.15) is 10.6 Å². The summed E-state index contributed by atoms with van der Waals surface area (Å²) in [6.45, 7) is 4.03. The van der Waals surface area contributed by atoms with E-state index in [0.29, 0.717) is 21.6 Å². The second-order valence-corrected chi connectivity index (χ2v) is 10.6. The summed E-state index contributed by atoms with van der Waals surface area (Å²) < 4.78 is 6.07. The fourth-order valence-electron chi connectivity index (χ4n) is 5.60. The van der Waals surface area contributed by atoms with Crippen LogP contribution in [0.2, 0.25) is 0 Å². The number of hydrogen-bond donors (Lipinski definition) is 0. The monoisotopic (exact) mass is 520 g/mol. The summed E-state index contributed by atoms with van der Waals surface area (Å²) in [7, 11) is 0. The number of aryl methyl sites for hydroxylation is 2. The van der Waals surface area contributed by atoms with Gasteiger partial charge >= 0.3 is 0 Å². The summed E-state index contributed by atoms with van der Waals surface area (Å²) in [5, 5.41) is 9.50. The highest BCUT2D eigenvalue weighted by Gasteiger charge is 2.66. The molecule has 9 heteroatoms. The predicted molar refractivity (Wildman–Crippen MR) is 144 cm³/mol. The van der Waals surface area contributed by atoms with Crippen LogP contribution >= 0.6 is 11.3 Å². The van der Waals surface area contributed by atoms with E-state index in [1.54, 1.807) is 48.2 Å². The number of hydrogen-bond acceptors (Lipinski definition) is 7. The van der Waals surface area contributed by atoms with E-state index in [1.165, 1.54) is 16.2 Å². The lowest BCUT2D eigenvalue weighted by Gasteiger charge is -2.32. The molecule has 0 radical (unpaired) electrons. The van der Waals surface area contributed by atoms with Gasteiger partial charge in [-0.15, -0.1) is 10.2 Å². The van der Waals surface area contributed by atoms with Crippen molar-refractivity contribution in [2.45, 2.75) is 25.9 Å². The third-order valence-electron chi connectivity index (χ3n) is 7.33. The van der Waals surface area contributed by atoms with E-state index in [1.807, 2.05) is 43.3 Å². The molecule has 3 aromatic carbocycles. The molecule has 1 spiro atoms. The number of benzene rings is 3. The highest BCUT2D eigenvalue weighted by Crippen LogP contribution is 2.54. The standard InChI is InChI=1S/C29H20N4O4S/c1-16-9-3-4-10-18(16)15-32-21-13-7-6-12-20(21)29(27(32)36)23-24(34)19-11-5-8-14-22(19)37-25(23)26(35)33(29)28-31-30-17(2)38-28/h3-14H,15H2,1-2H3. The van der Waals surface area contributed by atoms with Crippen LogP contribution in [0.15, 0.2) is 82.0 Å². The summed E-state index contributed by atoms with van der Waals surface area (Å²) >= 11 is 1.18. The molecule has 1 atom stereocenters. The number of carbonyl (C=O) groups is 2. The average Bonchev–Trinajstić information content (AvgIpc) is 3.54. The quantitative estimate of drug-likeness (QED) is 0.342. The normalized spacial score (nSPS) is 18.1. The maximum atomic E-state index is 14.8. The zero-order valence-electron chi connectivity index (χ0n) is 20.5. The topological polar surface area (TPSA) is 96.6 Å². The molecule has 2 aliphatic heterocycles. The molecule has 38 heavy (non-hydrogen) atoms. The summed E-state index contributed by atoms with van der Waals surface area (Å²) in [6, 6.07) is 21.9. The van der Waals surface area contributed by atoms with E-state index in [9.17, 15) is 14.4 Å². The molecule has 0 fully saturated rings. The van der Waals surface area contributed by atoms with Gasteiger partial charge in [-0.3, -0.25) is 19.3 Å². The van der Waals surface area contributed by atoms with Gasteiger partial charge in [0.05, 0.1) is 23.2 Å². The maximum Gasteiger partial charge on any atom is 0.297 e. The molecular formula is C29H20N4O4S. The van der Waals surface area contributed by atoms with Crippen LogP contribution < -0.4 is 15.2 Å². The first kappa shape index (κ1) is 22.6. The molecule has 2 aromatic heterocycles. The van der Waals surface area contributed by atoms with Crippen LogP contribution in [0, 0.1) is 13.8 Å². The third-order valence-corrected chi connectivity index (χ3v) is 8.15. The SMILES string of the molecule is Cc1nnc(N2C(=O)c3oc4ccccc4c(=O)c3C23C(=O)N(Cc2ccccc2C)c2ccccc23)s1. The van der Waals surface area contributed by atoms with E-state index >= 15 is 0 Å².